The maximum atomic E-state index is 11.9. The molecule has 0 aliphatic heterocycles. The normalized spacial score (nSPS) is 16.8. The minimum atomic E-state index is 0.0158. The zero-order valence-corrected chi connectivity index (χ0v) is 12.7. The molecule has 0 heterocycles. The van der Waals surface area contributed by atoms with Crippen LogP contribution in [-0.4, -0.2) is 43.5 Å². The molecule has 1 aliphatic rings. The van der Waals surface area contributed by atoms with Gasteiger partial charge in [-0.2, -0.15) is 0 Å². The van der Waals surface area contributed by atoms with Crippen molar-refractivity contribution < 1.29 is 4.79 Å². The highest BCUT2D eigenvalue weighted by atomic mass is 16.1. The zero-order chi connectivity index (χ0) is 14.6. The molecule has 0 aromatic heterocycles. The van der Waals surface area contributed by atoms with Crippen molar-refractivity contribution >= 4 is 11.6 Å². The molecule has 0 unspecified atom stereocenters. The van der Waals surface area contributed by atoms with Gasteiger partial charge in [0.15, 0.2) is 0 Å². The van der Waals surface area contributed by atoms with Crippen LogP contribution in [0, 0.1) is 6.92 Å². The Morgan fingerprint density at radius 2 is 1.90 bits per heavy atom. The van der Waals surface area contributed by atoms with Crippen LogP contribution < -0.4 is 10.6 Å². The van der Waals surface area contributed by atoms with Gasteiger partial charge in [-0.05, 0) is 52.4 Å². The summed E-state index contributed by atoms with van der Waals surface area (Å²) in [6.07, 6.45) is 3.72. The van der Waals surface area contributed by atoms with E-state index in [9.17, 15) is 4.79 Å². The number of rotatable bonds is 6. The van der Waals surface area contributed by atoms with E-state index in [2.05, 4.69) is 29.6 Å². The van der Waals surface area contributed by atoms with Crippen LogP contribution >= 0.6 is 0 Å². The average molecular weight is 275 g/mol. The number of benzene rings is 1. The second-order valence-corrected chi connectivity index (χ2v) is 5.99. The van der Waals surface area contributed by atoms with E-state index in [0.717, 1.165) is 12.2 Å². The van der Waals surface area contributed by atoms with Crippen molar-refractivity contribution in [3.05, 3.63) is 29.8 Å². The Labute approximate surface area is 121 Å². The van der Waals surface area contributed by atoms with E-state index >= 15 is 0 Å². The fourth-order valence-electron chi connectivity index (χ4n) is 2.62. The number of hydrogen-bond acceptors (Lipinski definition) is 3. The van der Waals surface area contributed by atoms with E-state index in [4.69, 9.17) is 0 Å². The third-order valence-corrected chi connectivity index (χ3v) is 4.31. The zero-order valence-electron chi connectivity index (χ0n) is 12.7. The summed E-state index contributed by atoms with van der Waals surface area (Å²) in [5.41, 5.74) is 2.30. The molecule has 4 heteroatoms. The molecule has 0 bridgehead atoms. The van der Waals surface area contributed by atoms with Crippen LogP contribution in [-0.2, 0) is 4.79 Å². The summed E-state index contributed by atoms with van der Waals surface area (Å²) in [5.74, 6) is 0.0158. The maximum Gasteiger partial charge on any atom is 0.238 e. The lowest BCUT2D eigenvalue weighted by Crippen LogP contribution is -2.57. The summed E-state index contributed by atoms with van der Waals surface area (Å²) in [7, 11) is 4.24. The number of amides is 1. The van der Waals surface area contributed by atoms with Crippen molar-refractivity contribution in [1.29, 1.82) is 0 Å². The molecular weight excluding hydrogens is 250 g/mol. The van der Waals surface area contributed by atoms with Crippen molar-refractivity contribution in [2.24, 2.45) is 0 Å². The fourth-order valence-corrected chi connectivity index (χ4v) is 2.62. The SMILES string of the molecule is Cc1ccc(NC(=O)CNCC2(N(C)C)CCC2)cc1. The summed E-state index contributed by atoms with van der Waals surface area (Å²) in [4.78, 5) is 14.2. The summed E-state index contributed by atoms with van der Waals surface area (Å²) < 4.78 is 0. The molecule has 4 nitrogen and oxygen atoms in total. The quantitative estimate of drug-likeness (QED) is 0.834. The summed E-state index contributed by atoms with van der Waals surface area (Å²) in [5, 5.41) is 6.19. The lowest BCUT2D eigenvalue weighted by atomic mass is 9.75. The molecule has 1 aliphatic carbocycles. The molecule has 1 amide bonds. The molecule has 1 saturated carbocycles. The highest BCUT2D eigenvalue weighted by Gasteiger charge is 2.38. The summed E-state index contributed by atoms with van der Waals surface area (Å²) in [6.45, 7) is 3.28. The van der Waals surface area contributed by atoms with Crippen molar-refractivity contribution in [3.63, 3.8) is 0 Å². The topological polar surface area (TPSA) is 44.4 Å². The van der Waals surface area contributed by atoms with E-state index in [-0.39, 0.29) is 11.4 Å². The number of aryl methyl sites for hydroxylation is 1. The molecule has 20 heavy (non-hydrogen) atoms. The van der Waals surface area contributed by atoms with Crippen LogP contribution in [0.1, 0.15) is 24.8 Å². The van der Waals surface area contributed by atoms with Gasteiger partial charge >= 0.3 is 0 Å². The molecule has 1 aromatic carbocycles. The fraction of sp³-hybridized carbons (Fsp3) is 0.562. The van der Waals surface area contributed by atoms with Crippen LogP contribution in [0.4, 0.5) is 5.69 Å². The number of carbonyl (C=O) groups excluding carboxylic acids is 1. The third-order valence-electron chi connectivity index (χ3n) is 4.31. The minimum absolute atomic E-state index is 0.0158. The highest BCUT2D eigenvalue weighted by Crippen LogP contribution is 2.35. The number of carbonyl (C=O) groups is 1. The second-order valence-electron chi connectivity index (χ2n) is 5.99. The lowest BCUT2D eigenvalue weighted by Gasteiger charge is -2.47. The first-order valence-corrected chi connectivity index (χ1v) is 7.26. The number of anilines is 1. The Morgan fingerprint density at radius 3 is 2.40 bits per heavy atom. The Bertz CT molecular complexity index is 449. The van der Waals surface area contributed by atoms with Crippen LogP contribution in [0.2, 0.25) is 0 Å². The molecule has 1 fully saturated rings. The molecule has 0 saturated heterocycles. The first kappa shape index (κ1) is 15.0. The summed E-state index contributed by atoms with van der Waals surface area (Å²) in [6, 6.07) is 7.86. The minimum Gasteiger partial charge on any atom is -0.325 e. The molecule has 2 N–H and O–H groups in total. The van der Waals surface area contributed by atoms with Crippen molar-refractivity contribution in [1.82, 2.24) is 10.2 Å². The second kappa shape index (κ2) is 6.37. The standard InChI is InChI=1S/C16H25N3O/c1-13-5-7-14(8-6-13)18-15(20)11-17-12-16(19(2)3)9-4-10-16/h5-8,17H,4,9-12H2,1-3H3,(H,18,20). The number of likely N-dealkylation sites (N-methyl/N-ethyl adjacent to an activating group) is 1. The molecule has 1 aromatic rings. The third kappa shape index (κ3) is 3.58. The molecule has 2 rings (SSSR count). The van der Waals surface area contributed by atoms with Crippen LogP contribution in [0.15, 0.2) is 24.3 Å². The smallest absolute Gasteiger partial charge is 0.238 e. The van der Waals surface area contributed by atoms with E-state index in [1.165, 1.54) is 24.8 Å². The lowest BCUT2D eigenvalue weighted by molar-refractivity contribution is -0.115. The van der Waals surface area contributed by atoms with Crippen molar-refractivity contribution in [2.45, 2.75) is 31.7 Å². The maximum absolute atomic E-state index is 11.9. The molecule has 110 valence electrons. The predicted molar refractivity (Wildman–Crippen MR) is 82.9 cm³/mol. The Morgan fingerprint density at radius 1 is 1.25 bits per heavy atom. The van der Waals surface area contributed by atoms with Gasteiger partial charge in [-0.25, -0.2) is 0 Å². The van der Waals surface area contributed by atoms with Gasteiger partial charge in [0.2, 0.25) is 5.91 Å². The van der Waals surface area contributed by atoms with E-state index in [0.29, 0.717) is 6.54 Å². The predicted octanol–water partition coefficient (Wildman–Crippen LogP) is 2.01. The molecule has 0 spiro atoms. The molecule has 0 atom stereocenters. The average Bonchev–Trinajstić information content (AvgIpc) is 2.35. The Balaban J connectivity index is 1.74. The molecular formula is C16H25N3O. The van der Waals surface area contributed by atoms with Gasteiger partial charge in [-0.3, -0.25) is 4.79 Å². The van der Waals surface area contributed by atoms with Crippen LogP contribution in [0.25, 0.3) is 0 Å². The highest BCUT2D eigenvalue weighted by molar-refractivity contribution is 5.92. The van der Waals surface area contributed by atoms with Gasteiger partial charge in [0.25, 0.3) is 0 Å². The van der Waals surface area contributed by atoms with E-state index in [1.54, 1.807) is 0 Å². The van der Waals surface area contributed by atoms with E-state index in [1.807, 2.05) is 31.2 Å². The van der Waals surface area contributed by atoms with Gasteiger partial charge < -0.3 is 15.5 Å². The number of nitrogens with zero attached hydrogens (tertiary/aromatic N) is 1. The number of hydrogen-bond donors (Lipinski definition) is 2. The first-order chi connectivity index (χ1) is 9.52. The Kier molecular flexibility index (Phi) is 4.78. The van der Waals surface area contributed by atoms with Gasteiger partial charge in [0.05, 0.1) is 6.54 Å². The Hall–Kier alpha value is -1.39. The van der Waals surface area contributed by atoms with Crippen molar-refractivity contribution in [2.75, 3.05) is 32.5 Å². The van der Waals surface area contributed by atoms with Crippen LogP contribution in [0.5, 0.6) is 0 Å². The van der Waals surface area contributed by atoms with Gasteiger partial charge in [-0.1, -0.05) is 17.7 Å². The van der Waals surface area contributed by atoms with Crippen molar-refractivity contribution in [3.8, 4) is 0 Å². The largest absolute Gasteiger partial charge is 0.325 e. The van der Waals surface area contributed by atoms with Crippen LogP contribution in [0.3, 0.4) is 0 Å². The van der Waals surface area contributed by atoms with Gasteiger partial charge in [0.1, 0.15) is 0 Å². The van der Waals surface area contributed by atoms with Gasteiger partial charge in [0, 0.05) is 17.8 Å². The summed E-state index contributed by atoms with van der Waals surface area (Å²) >= 11 is 0. The monoisotopic (exact) mass is 275 g/mol. The van der Waals surface area contributed by atoms with Gasteiger partial charge in [-0.15, -0.1) is 0 Å². The molecule has 0 radical (unpaired) electrons. The van der Waals surface area contributed by atoms with E-state index < -0.39 is 0 Å². The first-order valence-electron chi connectivity index (χ1n) is 7.26. The number of nitrogens with one attached hydrogen (secondary N) is 2.